The molecule has 0 unspecified atom stereocenters. The van der Waals surface area contributed by atoms with E-state index >= 15 is 0 Å². The van der Waals surface area contributed by atoms with E-state index in [-0.39, 0.29) is 30.1 Å². The third-order valence-electron chi connectivity index (χ3n) is 7.55. The number of allylic oxidation sites excluding steroid dienone is 1. The fraction of sp³-hybridized carbons (Fsp3) is 0.367. The maximum atomic E-state index is 13.7. The van der Waals surface area contributed by atoms with Crippen molar-refractivity contribution in [3.8, 4) is 22.4 Å². The lowest BCUT2D eigenvalue weighted by Crippen LogP contribution is -2.42. The van der Waals surface area contributed by atoms with Crippen LogP contribution in [0.15, 0.2) is 60.1 Å². The van der Waals surface area contributed by atoms with Gasteiger partial charge in [-0.15, -0.1) is 11.3 Å². The number of carboxylic acids is 1. The zero-order valence-corrected chi connectivity index (χ0v) is 22.9. The Morgan fingerprint density at radius 3 is 2.56 bits per heavy atom. The highest BCUT2D eigenvalue weighted by atomic mass is 32.1. The van der Waals surface area contributed by atoms with Crippen LogP contribution in [0.1, 0.15) is 39.5 Å². The zero-order chi connectivity index (χ0) is 27.5. The van der Waals surface area contributed by atoms with Crippen molar-refractivity contribution in [2.75, 3.05) is 22.9 Å². The van der Waals surface area contributed by atoms with Crippen molar-refractivity contribution in [2.24, 2.45) is 17.8 Å². The lowest BCUT2D eigenvalue weighted by molar-refractivity contribution is -0.142. The fourth-order valence-electron chi connectivity index (χ4n) is 5.47. The second-order valence-corrected chi connectivity index (χ2v) is 11.2. The summed E-state index contributed by atoms with van der Waals surface area (Å²) in [6.45, 7) is 5.12. The lowest BCUT2D eigenvalue weighted by atomic mass is 9.78. The number of pyridine rings is 1. The number of benzene rings is 1. The Morgan fingerprint density at radius 2 is 1.90 bits per heavy atom. The molecule has 5 rings (SSSR count). The highest BCUT2D eigenvalue weighted by Gasteiger charge is 2.36. The number of carbonyl (C=O) groups is 3. The predicted molar refractivity (Wildman–Crippen MR) is 153 cm³/mol. The van der Waals surface area contributed by atoms with Crippen molar-refractivity contribution in [3.05, 3.63) is 60.1 Å². The molecule has 1 saturated heterocycles. The van der Waals surface area contributed by atoms with Crippen LogP contribution in [-0.2, 0) is 14.4 Å². The molecule has 9 heteroatoms. The molecule has 0 spiro atoms. The minimum absolute atomic E-state index is 0.0564. The van der Waals surface area contributed by atoms with Crippen molar-refractivity contribution in [1.29, 1.82) is 0 Å². The first kappa shape index (κ1) is 26.7. The predicted octanol–water partition coefficient (Wildman–Crippen LogP) is 5.65. The van der Waals surface area contributed by atoms with E-state index in [1.807, 2.05) is 61.7 Å². The van der Waals surface area contributed by atoms with E-state index in [9.17, 15) is 19.5 Å². The summed E-state index contributed by atoms with van der Waals surface area (Å²) in [6, 6.07) is 11.7. The Labute approximate surface area is 232 Å². The van der Waals surface area contributed by atoms with Gasteiger partial charge in [-0.3, -0.25) is 24.2 Å². The van der Waals surface area contributed by atoms with Crippen molar-refractivity contribution < 1.29 is 19.5 Å². The Morgan fingerprint density at radius 1 is 1.10 bits per heavy atom. The zero-order valence-electron chi connectivity index (χ0n) is 22.1. The number of anilines is 2. The molecule has 0 aliphatic carbocycles. The smallest absolute Gasteiger partial charge is 0.304 e. The van der Waals surface area contributed by atoms with Gasteiger partial charge < -0.3 is 5.11 Å². The standard InChI is InChI=1S/C30H32N4O4S/c1-19(2)21-8-5-6-14-34(29(38)24(21)16-28(36)37)30-32-25(18-39-30)23-10-4-3-9-22(23)20-12-13-26(31-17-20)33-15-7-11-27(33)35/h3-6,9-10,12-13,17-19,21,24H,7-8,11,14-16H2,1-2H3,(H,36,37)/b6-5-/t21-,24+/m1/s1. The van der Waals surface area contributed by atoms with Crippen LogP contribution in [0.5, 0.6) is 0 Å². The SMILES string of the molecule is CC(C)[C@H]1C/C=C\CN(c2nc(-c3ccccc3-c3ccc(N4CCCC4=O)nc3)cs2)C(=O)[C@H]1CC(=O)O. The van der Waals surface area contributed by atoms with Gasteiger partial charge >= 0.3 is 5.97 Å². The summed E-state index contributed by atoms with van der Waals surface area (Å²) in [5, 5.41) is 12.0. The highest BCUT2D eigenvalue weighted by molar-refractivity contribution is 7.14. The normalized spacial score (nSPS) is 20.8. The minimum Gasteiger partial charge on any atom is -0.481 e. The quantitative estimate of drug-likeness (QED) is 0.385. The van der Waals surface area contributed by atoms with Gasteiger partial charge in [0, 0.05) is 42.2 Å². The number of aliphatic carboxylic acids is 1. The molecule has 8 nitrogen and oxygen atoms in total. The molecule has 2 atom stereocenters. The number of aromatic nitrogens is 2. The lowest BCUT2D eigenvalue weighted by Gasteiger charge is -2.33. The second-order valence-electron chi connectivity index (χ2n) is 10.4. The average molecular weight is 545 g/mol. The molecular formula is C30H32N4O4S. The summed E-state index contributed by atoms with van der Waals surface area (Å²) in [7, 11) is 0. The average Bonchev–Trinajstić information content (AvgIpc) is 3.58. The second kappa shape index (κ2) is 11.5. The molecule has 2 aromatic heterocycles. The van der Waals surface area contributed by atoms with Gasteiger partial charge in [-0.2, -0.15) is 0 Å². The number of thiazole rings is 1. The Bertz CT molecular complexity index is 1400. The van der Waals surface area contributed by atoms with Crippen LogP contribution in [0.4, 0.5) is 10.9 Å². The van der Waals surface area contributed by atoms with E-state index in [4.69, 9.17) is 4.98 Å². The number of hydrogen-bond donors (Lipinski definition) is 1. The van der Waals surface area contributed by atoms with Crippen LogP contribution < -0.4 is 9.80 Å². The van der Waals surface area contributed by atoms with Crippen LogP contribution >= 0.6 is 11.3 Å². The van der Waals surface area contributed by atoms with Crippen molar-refractivity contribution in [1.82, 2.24) is 9.97 Å². The van der Waals surface area contributed by atoms with Crippen molar-refractivity contribution >= 4 is 40.1 Å². The minimum atomic E-state index is -0.967. The third kappa shape index (κ3) is 5.63. The summed E-state index contributed by atoms with van der Waals surface area (Å²) < 4.78 is 0. The number of hydrogen-bond acceptors (Lipinski definition) is 6. The topological polar surface area (TPSA) is 104 Å². The monoisotopic (exact) mass is 544 g/mol. The molecule has 4 heterocycles. The van der Waals surface area contributed by atoms with Gasteiger partial charge in [-0.1, -0.05) is 50.3 Å². The van der Waals surface area contributed by atoms with Gasteiger partial charge in [-0.25, -0.2) is 9.97 Å². The van der Waals surface area contributed by atoms with E-state index in [2.05, 4.69) is 11.1 Å². The first-order valence-electron chi connectivity index (χ1n) is 13.3. The maximum absolute atomic E-state index is 13.7. The van der Waals surface area contributed by atoms with Gasteiger partial charge in [0.05, 0.1) is 18.0 Å². The molecule has 202 valence electrons. The van der Waals surface area contributed by atoms with E-state index in [0.717, 1.165) is 28.8 Å². The van der Waals surface area contributed by atoms with Gasteiger partial charge in [0.25, 0.3) is 0 Å². The molecular weight excluding hydrogens is 512 g/mol. The first-order valence-corrected chi connectivity index (χ1v) is 14.2. The maximum Gasteiger partial charge on any atom is 0.304 e. The van der Waals surface area contributed by atoms with E-state index < -0.39 is 11.9 Å². The first-order chi connectivity index (χ1) is 18.8. The van der Waals surface area contributed by atoms with Crippen LogP contribution in [0.25, 0.3) is 22.4 Å². The van der Waals surface area contributed by atoms with Gasteiger partial charge in [-0.05, 0) is 42.4 Å². The van der Waals surface area contributed by atoms with E-state index in [1.165, 1.54) is 11.3 Å². The van der Waals surface area contributed by atoms with Crippen LogP contribution in [-0.4, -0.2) is 45.9 Å². The number of carboxylic acid groups (broad SMARTS) is 1. The molecule has 1 aromatic carbocycles. The van der Waals surface area contributed by atoms with Gasteiger partial charge in [0.15, 0.2) is 5.13 Å². The Balaban J connectivity index is 1.44. The molecule has 2 aliphatic heterocycles. The molecule has 0 bridgehead atoms. The fourth-order valence-corrected chi connectivity index (χ4v) is 6.31. The summed E-state index contributed by atoms with van der Waals surface area (Å²) in [5.41, 5.74) is 3.49. The molecule has 39 heavy (non-hydrogen) atoms. The Hall–Kier alpha value is -3.85. The summed E-state index contributed by atoms with van der Waals surface area (Å²) in [5.74, 6) is -0.890. The van der Waals surface area contributed by atoms with Crippen LogP contribution in [0.3, 0.4) is 0 Å². The van der Waals surface area contributed by atoms with Crippen molar-refractivity contribution in [3.63, 3.8) is 0 Å². The highest BCUT2D eigenvalue weighted by Crippen LogP contribution is 2.37. The molecule has 1 fully saturated rings. The number of carbonyl (C=O) groups excluding carboxylic acids is 2. The molecule has 0 radical (unpaired) electrons. The molecule has 0 saturated carbocycles. The van der Waals surface area contributed by atoms with Gasteiger partial charge in [0.1, 0.15) is 5.82 Å². The Kier molecular flexibility index (Phi) is 7.88. The van der Waals surface area contributed by atoms with Crippen molar-refractivity contribution in [2.45, 2.75) is 39.5 Å². The molecule has 2 aliphatic rings. The van der Waals surface area contributed by atoms with E-state index in [0.29, 0.717) is 36.9 Å². The largest absolute Gasteiger partial charge is 0.481 e. The number of amides is 2. The summed E-state index contributed by atoms with van der Waals surface area (Å²) in [4.78, 5) is 50.2. The third-order valence-corrected chi connectivity index (χ3v) is 8.41. The summed E-state index contributed by atoms with van der Waals surface area (Å²) >= 11 is 1.38. The van der Waals surface area contributed by atoms with Crippen LogP contribution in [0.2, 0.25) is 0 Å². The van der Waals surface area contributed by atoms with Crippen LogP contribution in [0, 0.1) is 17.8 Å². The molecule has 1 N–H and O–H groups in total. The number of rotatable bonds is 7. The molecule has 3 aromatic rings. The summed E-state index contributed by atoms with van der Waals surface area (Å²) in [6.07, 6.45) is 7.70. The van der Waals surface area contributed by atoms with E-state index in [1.54, 1.807) is 16.0 Å². The van der Waals surface area contributed by atoms with Gasteiger partial charge in [0.2, 0.25) is 11.8 Å². The molecule has 2 amide bonds. The number of nitrogens with zero attached hydrogens (tertiary/aromatic N) is 4.